The molecule has 0 spiro atoms. The fraction of sp³-hybridized carbons (Fsp3) is 0.290. The van der Waals surface area contributed by atoms with Gasteiger partial charge in [0.1, 0.15) is 11.7 Å². The van der Waals surface area contributed by atoms with E-state index in [0.29, 0.717) is 37.3 Å². The molecule has 1 unspecified atom stereocenters. The molecule has 1 fully saturated rings. The van der Waals surface area contributed by atoms with E-state index < -0.39 is 35.2 Å². The van der Waals surface area contributed by atoms with Gasteiger partial charge in [-0.2, -0.15) is 13.2 Å². The average molecular weight is 632 g/mol. The van der Waals surface area contributed by atoms with Crippen LogP contribution in [0.3, 0.4) is 0 Å². The summed E-state index contributed by atoms with van der Waals surface area (Å²) < 4.78 is 45.7. The number of hydrogen-bond donors (Lipinski definition) is 1. The lowest BCUT2D eigenvalue weighted by Gasteiger charge is -2.25. The minimum Gasteiger partial charge on any atom is -0.432 e. The Labute approximate surface area is 255 Å². The summed E-state index contributed by atoms with van der Waals surface area (Å²) in [5, 5.41) is 3.77. The van der Waals surface area contributed by atoms with Gasteiger partial charge in [0.15, 0.2) is 5.76 Å². The van der Waals surface area contributed by atoms with Crippen LogP contribution in [0.25, 0.3) is 33.5 Å². The molecule has 1 N–H and O–H groups in total. The van der Waals surface area contributed by atoms with Gasteiger partial charge in [-0.3, -0.25) is 14.4 Å². The van der Waals surface area contributed by atoms with E-state index in [-0.39, 0.29) is 41.9 Å². The number of carbonyl (C=O) groups excluding carboxylic acids is 3. The molecule has 2 amide bonds. The Hall–Kier alpha value is -3.89. The van der Waals surface area contributed by atoms with Crippen molar-refractivity contribution in [3.8, 4) is 22.4 Å². The van der Waals surface area contributed by atoms with Crippen molar-refractivity contribution in [1.82, 2.24) is 9.88 Å². The Morgan fingerprint density at radius 3 is 2.30 bits per heavy atom. The van der Waals surface area contributed by atoms with E-state index in [4.69, 9.17) is 32.6 Å². The summed E-state index contributed by atoms with van der Waals surface area (Å²) in [5.41, 5.74) is 1.27. The molecule has 2 aromatic heterocycles. The number of halogens is 5. The van der Waals surface area contributed by atoms with Crippen LogP contribution in [0.1, 0.15) is 44.2 Å². The minimum atomic E-state index is -5.13. The Bertz CT molecular complexity index is 1740. The second kappa shape index (κ2) is 11.3. The van der Waals surface area contributed by atoms with E-state index in [1.165, 1.54) is 0 Å². The first kappa shape index (κ1) is 30.6. The van der Waals surface area contributed by atoms with Crippen LogP contribution in [0.15, 0.2) is 59.0 Å². The molecule has 224 valence electrons. The summed E-state index contributed by atoms with van der Waals surface area (Å²) in [4.78, 5) is 44.3. The van der Waals surface area contributed by atoms with Gasteiger partial charge in [0.25, 0.3) is 0 Å². The van der Waals surface area contributed by atoms with Crippen molar-refractivity contribution in [2.24, 2.45) is 5.41 Å². The molecule has 7 nitrogen and oxygen atoms in total. The maximum Gasteiger partial charge on any atom is 0.471 e. The number of hydrogen-bond acceptors (Lipinski definition) is 5. The lowest BCUT2D eigenvalue weighted by atomic mass is 9.88. The Balaban J connectivity index is 1.70. The standard InChI is InChI=1S/C31H26Cl2F3N3O4/c1-30(2,3)26(40)25-24(37-27(41)22-9-6-14-39(22)29(42)31(34,35)36)20-15-19(16-10-12-17(32)13-11-16)23(38-28(20)43-25)18-7-4-5-8-21(18)33/h4-5,7-8,10-13,15,22H,6,9,14H2,1-3H3,(H,37,41). The first-order chi connectivity index (χ1) is 20.2. The number of ketones is 1. The molecule has 2 aromatic carbocycles. The molecule has 1 aliphatic rings. The fourth-order valence-electron chi connectivity index (χ4n) is 5.01. The van der Waals surface area contributed by atoms with Crippen LogP contribution in [-0.4, -0.2) is 46.2 Å². The van der Waals surface area contributed by atoms with Crippen LogP contribution >= 0.6 is 23.2 Å². The van der Waals surface area contributed by atoms with Crippen molar-refractivity contribution in [1.29, 1.82) is 0 Å². The highest BCUT2D eigenvalue weighted by atomic mass is 35.5. The van der Waals surface area contributed by atoms with Crippen molar-refractivity contribution in [2.45, 2.75) is 45.8 Å². The second-order valence-corrected chi connectivity index (χ2v) is 12.1. The number of nitrogens with one attached hydrogen (secondary N) is 1. The molecule has 1 saturated heterocycles. The quantitative estimate of drug-likeness (QED) is 0.224. The van der Waals surface area contributed by atoms with Gasteiger partial charge in [-0.1, -0.05) is 74.3 Å². The van der Waals surface area contributed by atoms with Crippen molar-refractivity contribution < 1.29 is 32.0 Å². The molecule has 0 saturated carbocycles. The summed E-state index contributed by atoms with van der Waals surface area (Å²) in [6.45, 7) is 4.77. The molecule has 0 radical (unpaired) electrons. The van der Waals surface area contributed by atoms with Gasteiger partial charge in [-0.05, 0) is 42.7 Å². The van der Waals surface area contributed by atoms with Crippen LogP contribution < -0.4 is 5.32 Å². The number of amides is 2. The molecule has 12 heteroatoms. The van der Waals surface area contributed by atoms with Gasteiger partial charge in [0.2, 0.25) is 17.4 Å². The topological polar surface area (TPSA) is 92.5 Å². The molecule has 3 heterocycles. The first-order valence-corrected chi connectivity index (χ1v) is 14.1. The third-order valence-electron chi connectivity index (χ3n) is 7.16. The van der Waals surface area contributed by atoms with E-state index in [1.807, 2.05) is 0 Å². The van der Waals surface area contributed by atoms with Gasteiger partial charge in [0, 0.05) is 33.1 Å². The summed E-state index contributed by atoms with van der Waals surface area (Å²) in [6, 6.07) is 14.2. The predicted octanol–water partition coefficient (Wildman–Crippen LogP) is 8.19. The van der Waals surface area contributed by atoms with Gasteiger partial charge in [-0.25, -0.2) is 4.98 Å². The van der Waals surface area contributed by atoms with Crippen LogP contribution in [0, 0.1) is 5.41 Å². The molecular weight excluding hydrogens is 606 g/mol. The number of benzene rings is 2. The van der Waals surface area contributed by atoms with E-state index in [0.717, 1.165) is 0 Å². The number of rotatable bonds is 5. The monoisotopic (exact) mass is 631 g/mol. The highest BCUT2D eigenvalue weighted by Gasteiger charge is 2.48. The Morgan fingerprint density at radius 2 is 1.67 bits per heavy atom. The molecule has 43 heavy (non-hydrogen) atoms. The number of pyridine rings is 1. The van der Waals surface area contributed by atoms with Crippen molar-refractivity contribution in [2.75, 3.05) is 11.9 Å². The first-order valence-electron chi connectivity index (χ1n) is 13.4. The zero-order valence-corrected chi connectivity index (χ0v) is 24.8. The Morgan fingerprint density at radius 1 is 1.00 bits per heavy atom. The summed E-state index contributed by atoms with van der Waals surface area (Å²) in [7, 11) is 0. The second-order valence-electron chi connectivity index (χ2n) is 11.3. The molecule has 4 aromatic rings. The zero-order valence-electron chi connectivity index (χ0n) is 23.3. The van der Waals surface area contributed by atoms with Gasteiger partial charge >= 0.3 is 12.1 Å². The van der Waals surface area contributed by atoms with E-state index in [1.54, 1.807) is 75.4 Å². The van der Waals surface area contributed by atoms with E-state index in [9.17, 15) is 27.6 Å². The van der Waals surface area contributed by atoms with E-state index >= 15 is 0 Å². The number of fused-ring (bicyclic) bond motifs is 1. The number of alkyl halides is 3. The third-order valence-corrected chi connectivity index (χ3v) is 7.74. The van der Waals surface area contributed by atoms with Crippen molar-refractivity contribution >= 4 is 57.6 Å². The van der Waals surface area contributed by atoms with Gasteiger partial charge in [0.05, 0.1) is 11.1 Å². The maximum atomic E-state index is 13.5. The summed E-state index contributed by atoms with van der Waals surface area (Å²) in [6.07, 6.45) is -4.90. The highest BCUT2D eigenvalue weighted by Crippen LogP contribution is 2.42. The summed E-state index contributed by atoms with van der Waals surface area (Å²) in [5.74, 6) is -3.65. The Kier molecular flexibility index (Phi) is 8.04. The highest BCUT2D eigenvalue weighted by molar-refractivity contribution is 6.33. The maximum absolute atomic E-state index is 13.5. The lowest BCUT2D eigenvalue weighted by molar-refractivity contribution is -0.186. The lowest BCUT2D eigenvalue weighted by Crippen LogP contribution is -2.48. The molecule has 0 bridgehead atoms. The largest absolute Gasteiger partial charge is 0.471 e. The number of furan rings is 1. The number of likely N-dealkylation sites (tertiary alicyclic amines) is 1. The van der Waals surface area contributed by atoms with Gasteiger partial charge < -0.3 is 14.6 Å². The number of aromatic nitrogens is 1. The molecular formula is C31H26Cl2F3N3O4. The van der Waals surface area contributed by atoms with Crippen molar-refractivity contribution in [3.05, 3.63) is 70.4 Å². The SMILES string of the molecule is CC(C)(C)C(=O)c1oc2nc(-c3ccccc3Cl)c(-c3ccc(Cl)cc3)cc2c1NC(=O)C1CCCN1C(=O)C(F)(F)F. The molecule has 1 aliphatic heterocycles. The number of nitrogens with zero attached hydrogens (tertiary/aromatic N) is 2. The fourth-order valence-corrected chi connectivity index (χ4v) is 5.36. The van der Waals surface area contributed by atoms with Crippen molar-refractivity contribution in [3.63, 3.8) is 0 Å². The van der Waals surface area contributed by atoms with Crippen LogP contribution in [0.4, 0.5) is 18.9 Å². The average Bonchev–Trinajstić information content (AvgIpc) is 3.56. The van der Waals surface area contributed by atoms with Crippen LogP contribution in [-0.2, 0) is 9.59 Å². The normalized spacial score (nSPS) is 15.6. The zero-order chi connectivity index (χ0) is 31.3. The smallest absolute Gasteiger partial charge is 0.432 e. The predicted molar refractivity (Wildman–Crippen MR) is 158 cm³/mol. The van der Waals surface area contributed by atoms with E-state index in [2.05, 4.69) is 5.32 Å². The number of Topliss-reactive ketones (excluding diaryl/α,β-unsaturated/α-hetero) is 1. The molecule has 0 aliphatic carbocycles. The minimum absolute atomic E-state index is 0.00480. The molecule has 1 atom stereocenters. The molecule has 5 rings (SSSR count). The van der Waals surface area contributed by atoms with Crippen LogP contribution in [0.2, 0.25) is 10.0 Å². The van der Waals surface area contributed by atoms with Crippen LogP contribution in [0.5, 0.6) is 0 Å². The number of anilines is 1. The van der Waals surface area contributed by atoms with Gasteiger partial charge in [-0.15, -0.1) is 0 Å². The summed E-state index contributed by atoms with van der Waals surface area (Å²) >= 11 is 12.7. The third kappa shape index (κ3) is 5.99. The number of carbonyl (C=O) groups is 3.